The molecule has 0 bridgehead atoms. The average Bonchev–Trinajstić information content (AvgIpc) is 2.79. The molecule has 1 unspecified atom stereocenters. The summed E-state index contributed by atoms with van der Waals surface area (Å²) in [5, 5.41) is 8.55. The Balaban J connectivity index is 2.73. The molecular weight excluding hydrogens is 320 g/mol. The summed E-state index contributed by atoms with van der Waals surface area (Å²) in [5.41, 5.74) is -0.618. The second-order valence-electron chi connectivity index (χ2n) is 6.33. The standard InChI is InChI=1S/C12H17F2N3O4S/c1-12(2,3)8-7-6(5-16(8)11(18)19)17(9(13)14)10(15-7)22(4,20)21/h8-9H,5H2,1-4H3,(H,18,19). The fraction of sp³-hybridized carbons (Fsp3) is 0.667. The van der Waals surface area contributed by atoms with Crippen LogP contribution in [0.2, 0.25) is 0 Å². The number of halogens is 2. The monoisotopic (exact) mass is 337 g/mol. The molecule has 7 nitrogen and oxygen atoms in total. The van der Waals surface area contributed by atoms with E-state index in [1.165, 1.54) is 0 Å². The molecule has 0 fully saturated rings. The molecule has 1 aliphatic rings. The van der Waals surface area contributed by atoms with Gasteiger partial charge in [0.25, 0.3) is 0 Å². The largest absolute Gasteiger partial charge is 0.465 e. The van der Waals surface area contributed by atoms with Crippen molar-refractivity contribution >= 4 is 15.9 Å². The van der Waals surface area contributed by atoms with Crippen LogP contribution >= 0.6 is 0 Å². The molecule has 1 aromatic heterocycles. The van der Waals surface area contributed by atoms with Crippen LogP contribution in [0.25, 0.3) is 0 Å². The van der Waals surface area contributed by atoms with Gasteiger partial charge in [-0.05, 0) is 5.41 Å². The Hall–Kier alpha value is -1.71. The Morgan fingerprint density at radius 1 is 1.41 bits per heavy atom. The fourth-order valence-electron chi connectivity index (χ4n) is 2.76. The molecular formula is C12H17F2N3O4S. The number of hydrogen-bond donors (Lipinski definition) is 1. The Bertz CT molecular complexity index is 721. The number of hydrogen-bond acceptors (Lipinski definition) is 4. The van der Waals surface area contributed by atoms with Crippen molar-refractivity contribution in [3.8, 4) is 0 Å². The first-order valence-corrected chi connectivity index (χ1v) is 8.33. The minimum Gasteiger partial charge on any atom is -0.465 e. The van der Waals surface area contributed by atoms with E-state index in [-0.39, 0.29) is 17.9 Å². The third kappa shape index (κ3) is 2.55. The van der Waals surface area contributed by atoms with E-state index in [4.69, 9.17) is 0 Å². The van der Waals surface area contributed by atoms with Gasteiger partial charge in [0.1, 0.15) is 0 Å². The maximum atomic E-state index is 13.3. The van der Waals surface area contributed by atoms with E-state index in [0.717, 1.165) is 11.2 Å². The Kier molecular flexibility index (Phi) is 3.71. The van der Waals surface area contributed by atoms with Gasteiger partial charge in [-0.2, -0.15) is 8.78 Å². The van der Waals surface area contributed by atoms with Crippen LogP contribution in [-0.4, -0.2) is 40.3 Å². The number of nitrogens with zero attached hydrogens (tertiary/aromatic N) is 3. The number of imidazole rings is 1. The lowest BCUT2D eigenvalue weighted by atomic mass is 9.85. The average molecular weight is 337 g/mol. The van der Waals surface area contributed by atoms with Gasteiger partial charge in [-0.15, -0.1) is 0 Å². The smallest absolute Gasteiger partial charge is 0.408 e. The Morgan fingerprint density at radius 3 is 2.32 bits per heavy atom. The van der Waals surface area contributed by atoms with Crippen molar-refractivity contribution in [2.45, 2.75) is 45.1 Å². The predicted molar refractivity (Wildman–Crippen MR) is 72.4 cm³/mol. The van der Waals surface area contributed by atoms with Gasteiger partial charge in [-0.3, -0.25) is 9.47 Å². The van der Waals surface area contributed by atoms with Crippen molar-refractivity contribution in [1.29, 1.82) is 0 Å². The molecule has 0 saturated heterocycles. The highest BCUT2D eigenvalue weighted by atomic mass is 32.2. The molecule has 1 aromatic rings. The summed E-state index contributed by atoms with van der Waals surface area (Å²) in [4.78, 5) is 16.2. The highest BCUT2D eigenvalue weighted by molar-refractivity contribution is 7.90. The van der Waals surface area contributed by atoms with E-state index >= 15 is 0 Å². The second kappa shape index (κ2) is 4.90. The SMILES string of the molecule is CC(C)(C)C1c2nc(S(C)(=O)=O)n(C(F)F)c2CN1C(=O)O. The lowest BCUT2D eigenvalue weighted by Crippen LogP contribution is -2.36. The van der Waals surface area contributed by atoms with Crippen LogP contribution in [0.15, 0.2) is 5.16 Å². The predicted octanol–water partition coefficient (Wildman–Crippen LogP) is 2.26. The molecule has 124 valence electrons. The number of aromatic nitrogens is 2. The lowest BCUT2D eigenvalue weighted by molar-refractivity contribution is 0.0520. The first-order chi connectivity index (χ1) is 9.85. The number of fused-ring (bicyclic) bond motifs is 1. The van der Waals surface area contributed by atoms with Crippen molar-refractivity contribution in [2.75, 3.05) is 6.26 Å². The summed E-state index contributed by atoms with van der Waals surface area (Å²) >= 11 is 0. The van der Waals surface area contributed by atoms with Crippen LogP contribution < -0.4 is 0 Å². The molecule has 2 rings (SSSR count). The lowest BCUT2D eigenvalue weighted by Gasteiger charge is -2.32. The summed E-state index contributed by atoms with van der Waals surface area (Å²) in [5.74, 6) is 0. The molecule has 1 aliphatic heterocycles. The third-order valence-electron chi connectivity index (χ3n) is 3.49. The first kappa shape index (κ1) is 16.7. The zero-order valence-corrected chi connectivity index (χ0v) is 13.4. The van der Waals surface area contributed by atoms with Crippen LogP contribution in [-0.2, 0) is 16.4 Å². The molecule has 0 saturated carbocycles. The van der Waals surface area contributed by atoms with Crippen LogP contribution in [0.1, 0.15) is 44.8 Å². The van der Waals surface area contributed by atoms with E-state index < -0.39 is 39.1 Å². The van der Waals surface area contributed by atoms with Crippen molar-refractivity contribution in [1.82, 2.24) is 14.5 Å². The molecule has 0 aliphatic carbocycles. The molecule has 1 N–H and O–H groups in total. The van der Waals surface area contributed by atoms with Crippen molar-refractivity contribution in [3.05, 3.63) is 11.4 Å². The zero-order valence-electron chi connectivity index (χ0n) is 12.5. The number of alkyl halides is 2. The minimum atomic E-state index is -3.96. The Labute approximate surface area is 126 Å². The zero-order chi connectivity index (χ0) is 17.0. The van der Waals surface area contributed by atoms with Crippen molar-refractivity contribution in [3.63, 3.8) is 0 Å². The van der Waals surface area contributed by atoms with Gasteiger partial charge in [0, 0.05) is 6.26 Å². The van der Waals surface area contributed by atoms with Gasteiger partial charge >= 0.3 is 12.6 Å². The molecule has 22 heavy (non-hydrogen) atoms. The third-order valence-corrected chi connectivity index (χ3v) is 4.44. The van der Waals surface area contributed by atoms with Gasteiger partial charge in [0.2, 0.25) is 15.0 Å². The molecule has 2 heterocycles. The van der Waals surface area contributed by atoms with E-state index in [9.17, 15) is 27.1 Å². The van der Waals surface area contributed by atoms with Crippen LogP contribution in [0.3, 0.4) is 0 Å². The fourth-order valence-corrected chi connectivity index (χ4v) is 3.57. The summed E-state index contributed by atoms with van der Waals surface area (Å²) in [6.07, 6.45) is -0.468. The Morgan fingerprint density at radius 2 is 1.95 bits per heavy atom. The number of carboxylic acid groups (broad SMARTS) is 1. The van der Waals surface area contributed by atoms with Gasteiger partial charge in [0.05, 0.1) is 24.0 Å². The van der Waals surface area contributed by atoms with Gasteiger partial charge in [-0.25, -0.2) is 18.2 Å². The molecule has 10 heteroatoms. The van der Waals surface area contributed by atoms with Crippen LogP contribution in [0.5, 0.6) is 0 Å². The van der Waals surface area contributed by atoms with Gasteiger partial charge in [0.15, 0.2) is 0 Å². The second-order valence-corrected chi connectivity index (χ2v) is 8.23. The normalized spacial score (nSPS) is 18.9. The quantitative estimate of drug-likeness (QED) is 0.893. The van der Waals surface area contributed by atoms with Crippen molar-refractivity contribution in [2.24, 2.45) is 5.41 Å². The van der Waals surface area contributed by atoms with Crippen LogP contribution in [0, 0.1) is 5.41 Å². The topological polar surface area (TPSA) is 92.5 Å². The van der Waals surface area contributed by atoms with Crippen LogP contribution in [0.4, 0.5) is 13.6 Å². The van der Waals surface area contributed by atoms with Gasteiger partial charge < -0.3 is 5.11 Å². The summed E-state index contributed by atoms with van der Waals surface area (Å²) < 4.78 is 50.3. The number of rotatable bonds is 2. The molecule has 1 amide bonds. The van der Waals surface area contributed by atoms with E-state index in [2.05, 4.69) is 4.98 Å². The summed E-state index contributed by atoms with van der Waals surface area (Å²) in [6.45, 7) is 1.79. The first-order valence-electron chi connectivity index (χ1n) is 6.44. The molecule has 0 spiro atoms. The van der Waals surface area contributed by atoms with E-state index in [1.807, 2.05) is 0 Å². The van der Waals surface area contributed by atoms with Crippen molar-refractivity contribution < 1.29 is 27.1 Å². The minimum absolute atomic E-state index is 0.0715. The maximum absolute atomic E-state index is 13.3. The summed E-state index contributed by atoms with van der Waals surface area (Å²) in [6, 6.07) is -0.791. The molecule has 0 aromatic carbocycles. The number of amides is 1. The van der Waals surface area contributed by atoms with Gasteiger partial charge in [-0.1, -0.05) is 20.8 Å². The molecule has 1 atom stereocenters. The summed E-state index contributed by atoms with van der Waals surface area (Å²) in [7, 11) is -3.96. The molecule has 0 radical (unpaired) electrons. The number of carbonyl (C=O) groups is 1. The highest BCUT2D eigenvalue weighted by Crippen LogP contribution is 2.46. The highest BCUT2D eigenvalue weighted by Gasteiger charge is 2.46. The van der Waals surface area contributed by atoms with E-state index in [0.29, 0.717) is 4.57 Å². The number of sulfone groups is 1. The van der Waals surface area contributed by atoms with E-state index in [1.54, 1.807) is 20.8 Å². The maximum Gasteiger partial charge on any atom is 0.408 e.